The Morgan fingerprint density at radius 2 is 2.06 bits per heavy atom. The molecular weight excluding hydrogens is 406 g/mol. The van der Waals surface area contributed by atoms with E-state index in [1.165, 1.54) is 4.90 Å². The third-order valence-corrected chi connectivity index (χ3v) is 6.32. The van der Waals surface area contributed by atoms with Crippen LogP contribution in [-0.2, 0) is 0 Å². The number of aryl methyl sites for hydroxylation is 2. The summed E-state index contributed by atoms with van der Waals surface area (Å²) in [6.07, 6.45) is 2.39. The molecule has 2 aromatic heterocycles. The zero-order valence-electron chi connectivity index (χ0n) is 18.1. The van der Waals surface area contributed by atoms with Crippen LogP contribution >= 0.6 is 11.8 Å². The predicted molar refractivity (Wildman–Crippen MR) is 129 cm³/mol. The Labute approximate surface area is 186 Å². The minimum absolute atomic E-state index is 0.0540. The predicted octanol–water partition coefficient (Wildman–Crippen LogP) is 5.22. The third kappa shape index (κ3) is 4.18. The molecule has 31 heavy (non-hydrogen) atoms. The Morgan fingerprint density at radius 3 is 2.84 bits per heavy atom. The number of amides is 1. The summed E-state index contributed by atoms with van der Waals surface area (Å²) in [6.45, 7) is 6.65. The van der Waals surface area contributed by atoms with Gasteiger partial charge in [-0.25, -0.2) is 4.98 Å². The Hall–Kier alpha value is -2.83. The molecule has 6 heteroatoms. The molecule has 0 fully saturated rings. The molecule has 0 aliphatic heterocycles. The molecule has 0 unspecified atom stereocenters. The van der Waals surface area contributed by atoms with Crippen molar-refractivity contribution in [1.82, 2.24) is 15.3 Å². The van der Waals surface area contributed by atoms with Gasteiger partial charge in [0.2, 0.25) is 0 Å². The second-order valence-corrected chi connectivity index (χ2v) is 9.01. The molecule has 4 rings (SSSR count). The van der Waals surface area contributed by atoms with Crippen LogP contribution in [0.2, 0.25) is 0 Å². The van der Waals surface area contributed by atoms with Crippen LogP contribution in [-0.4, -0.2) is 39.9 Å². The SMILES string of the molecule is CCSc1cccc(-c2cc(C(=O)NCCCO)c(C)c3[nH]c4ncc(C)cc4c23)c1. The van der Waals surface area contributed by atoms with Crippen molar-refractivity contribution in [2.45, 2.75) is 32.1 Å². The van der Waals surface area contributed by atoms with Crippen LogP contribution < -0.4 is 5.32 Å². The number of pyridine rings is 1. The number of nitrogens with one attached hydrogen (secondary N) is 2. The molecule has 160 valence electrons. The normalized spacial score (nSPS) is 11.4. The van der Waals surface area contributed by atoms with Crippen molar-refractivity contribution in [3.05, 3.63) is 59.3 Å². The molecule has 0 radical (unpaired) electrons. The van der Waals surface area contributed by atoms with E-state index >= 15 is 0 Å². The number of fused-ring (bicyclic) bond motifs is 3. The van der Waals surface area contributed by atoms with E-state index in [-0.39, 0.29) is 12.5 Å². The van der Waals surface area contributed by atoms with Gasteiger partial charge in [0.05, 0.1) is 5.52 Å². The van der Waals surface area contributed by atoms with Crippen molar-refractivity contribution in [2.75, 3.05) is 18.9 Å². The van der Waals surface area contributed by atoms with Crippen molar-refractivity contribution < 1.29 is 9.90 Å². The van der Waals surface area contributed by atoms with Gasteiger partial charge in [0.15, 0.2) is 0 Å². The number of nitrogens with zero attached hydrogens (tertiary/aromatic N) is 1. The van der Waals surface area contributed by atoms with Crippen LogP contribution in [0.15, 0.2) is 47.5 Å². The number of aromatic nitrogens is 2. The summed E-state index contributed by atoms with van der Waals surface area (Å²) >= 11 is 1.80. The van der Waals surface area contributed by atoms with E-state index in [2.05, 4.69) is 52.5 Å². The summed E-state index contributed by atoms with van der Waals surface area (Å²) in [7, 11) is 0. The highest BCUT2D eigenvalue weighted by Gasteiger charge is 2.20. The van der Waals surface area contributed by atoms with Crippen LogP contribution in [0.3, 0.4) is 0 Å². The Bertz CT molecular complexity index is 1260. The van der Waals surface area contributed by atoms with Crippen LogP contribution in [0.25, 0.3) is 33.1 Å². The van der Waals surface area contributed by atoms with Crippen LogP contribution in [0, 0.1) is 13.8 Å². The second kappa shape index (κ2) is 9.12. The van der Waals surface area contributed by atoms with E-state index in [0.29, 0.717) is 18.5 Å². The highest BCUT2D eigenvalue weighted by Crippen LogP contribution is 2.38. The first-order valence-electron chi connectivity index (χ1n) is 10.6. The highest BCUT2D eigenvalue weighted by atomic mass is 32.2. The number of aromatic amines is 1. The fourth-order valence-corrected chi connectivity index (χ4v) is 4.67. The van der Waals surface area contributed by atoms with E-state index in [9.17, 15) is 4.79 Å². The molecule has 4 aromatic rings. The number of H-pyrrole nitrogens is 1. The second-order valence-electron chi connectivity index (χ2n) is 7.67. The standard InChI is InChI=1S/C25H27N3O2S/c1-4-31-18-8-5-7-17(12-18)20-13-19(25(30)26-9-6-10-29)16(3)23-22(20)21-11-15(2)14-27-24(21)28-23/h5,7-8,11-14,29H,4,6,9-10H2,1-3H3,(H,26,30)(H,27,28). The maximum absolute atomic E-state index is 13.0. The lowest BCUT2D eigenvalue weighted by molar-refractivity contribution is 0.0950. The molecule has 0 saturated carbocycles. The van der Waals surface area contributed by atoms with Gasteiger partial charge in [-0.1, -0.05) is 19.1 Å². The van der Waals surface area contributed by atoms with Gasteiger partial charge in [-0.3, -0.25) is 4.79 Å². The highest BCUT2D eigenvalue weighted by molar-refractivity contribution is 7.99. The van der Waals surface area contributed by atoms with Crippen molar-refractivity contribution in [1.29, 1.82) is 0 Å². The lowest BCUT2D eigenvalue weighted by Crippen LogP contribution is -2.25. The van der Waals surface area contributed by atoms with E-state index in [0.717, 1.165) is 49.9 Å². The largest absolute Gasteiger partial charge is 0.396 e. The third-order valence-electron chi connectivity index (χ3n) is 5.45. The van der Waals surface area contributed by atoms with Crippen LogP contribution in [0.4, 0.5) is 0 Å². The Morgan fingerprint density at radius 1 is 1.23 bits per heavy atom. The van der Waals surface area contributed by atoms with E-state index in [1.807, 2.05) is 26.1 Å². The number of carbonyl (C=O) groups is 1. The molecule has 0 bridgehead atoms. The molecule has 0 aliphatic rings. The summed E-state index contributed by atoms with van der Waals surface area (Å²) < 4.78 is 0. The first kappa shape index (κ1) is 21.4. The number of hydrogen-bond donors (Lipinski definition) is 3. The summed E-state index contributed by atoms with van der Waals surface area (Å²) in [5, 5.41) is 14.1. The van der Waals surface area contributed by atoms with Gasteiger partial charge < -0.3 is 15.4 Å². The molecule has 0 spiro atoms. The fraction of sp³-hybridized carbons (Fsp3) is 0.280. The Kier molecular flexibility index (Phi) is 6.30. The molecule has 2 heterocycles. The molecule has 5 nitrogen and oxygen atoms in total. The van der Waals surface area contributed by atoms with E-state index in [1.54, 1.807) is 11.8 Å². The average molecular weight is 434 g/mol. The quantitative estimate of drug-likeness (QED) is 0.276. The monoisotopic (exact) mass is 433 g/mol. The molecule has 2 aromatic carbocycles. The lowest BCUT2D eigenvalue weighted by Gasteiger charge is -2.13. The number of aliphatic hydroxyl groups excluding tert-OH is 1. The maximum atomic E-state index is 13.0. The zero-order chi connectivity index (χ0) is 22.0. The number of thioether (sulfide) groups is 1. The number of benzene rings is 2. The minimum atomic E-state index is -0.129. The van der Waals surface area contributed by atoms with Crippen molar-refractivity contribution >= 4 is 39.6 Å². The van der Waals surface area contributed by atoms with E-state index in [4.69, 9.17) is 5.11 Å². The van der Waals surface area contributed by atoms with E-state index < -0.39 is 0 Å². The van der Waals surface area contributed by atoms with Crippen molar-refractivity contribution in [3.8, 4) is 11.1 Å². The molecule has 1 amide bonds. The topological polar surface area (TPSA) is 78.0 Å². The minimum Gasteiger partial charge on any atom is -0.396 e. The van der Waals surface area contributed by atoms with Gasteiger partial charge in [-0.2, -0.15) is 0 Å². The van der Waals surface area contributed by atoms with Crippen molar-refractivity contribution in [3.63, 3.8) is 0 Å². The van der Waals surface area contributed by atoms with Gasteiger partial charge in [0.25, 0.3) is 5.91 Å². The van der Waals surface area contributed by atoms with Gasteiger partial charge >= 0.3 is 0 Å². The van der Waals surface area contributed by atoms with Crippen LogP contribution in [0.5, 0.6) is 0 Å². The first-order valence-corrected chi connectivity index (χ1v) is 11.6. The number of carbonyl (C=O) groups excluding carboxylic acids is 1. The maximum Gasteiger partial charge on any atom is 0.251 e. The summed E-state index contributed by atoms with van der Waals surface area (Å²) in [6, 6.07) is 12.6. The summed E-state index contributed by atoms with van der Waals surface area (Å²) in [5.41, 5.74) is 6.49. The van der Waals surface area contributed by atoms with Crippen LogP contribution in [0.1, 0.15) is 34.8 Å². The summed E-state index contributed by atoms with van der Waals surface area (Å²) in [4.78, 5) is 22.2. The van der Waals surface area contributed by atoms with Gasteiger partial charge in [-0.05, 0) is 72.5 Å². The van der Waals surface area contributed by atoms with Gasteiger partial charge in [0.1, 0.15) is 5.65 Å². The Balaban J connectivity index is 1.98. The van der Waals surface area contributed by atoms with Crippen molar-refractivity contribution in [2.24, 2.45) is 0 Å². The summed E-state index contributed by atoms with van der Waals surface area (Å²) in [5.74, 6) is 0.873. The zero-order valence-corrected chi connectivity index (χ0v) is 18.9. The molecule has 0 saturated heterocycles. The fourth-order valence-electron chi connectivity index (χ4n) is 3.96. The molecule has 0 atom stereocenters. The average Bonchev–Trinajstić information content (AvgIpc) is 3.14. The lowest BCUT2D eigenvalue weighted by atomic mass is 9.93. The molecular formula is C25H27N3O2S. The van der Waals surface area contributed by atoms with Gasteiger partial charge in [-0.15, -0.1) is 11.8 Å². The number of rotatable bonds is 7. The number of aliphatic hydroxyl groups is 1. The number of hydrogen-bond acceptors (Lipinski definition) is 4. The smallest absolute Gasteiger partial charge is 0.251 e. The first-order chi connectivity index (χ1) is 15.0. The molecule has 3 N–H and O–H groups in total. The van der Waals surface area contributed by atoms with Gasteiger partial charge in [0, 0.05) is 40.6 Å². The molecule has 0 aliphatic carbocycles.